The van der Waals surface area contributed by atoms with Gasteiger partial charge in [-0.05, 0) is 110 Å². The summed E-state index contributed by atoms with van der Waals surface area (Å²) in [5.41, 5.74) is -0.698. The number of hydrogen-bond donors (Lipinski definition) is 0. The molecule has 6 heteroatoms. The van der Waals surface area contributed by atoms with Crippen LogP contribution >= 0.6 is 0 Å². The lowest BCUT2D eigenvalue weighted by Crippen LogP contribution is -2.34. The van der Waals surface area contributed by atoms with Gasteiger partial charge in [-0.1, -0.05) is 210 Å². The molecule has 68 heavy (non-hydrogen) atoms. The van der Waals surface area contributed by atoms with E-state index in [1.165, 1.54) is 116 Å². The maximum Gasteiger partial charge on any atom is 0.311 e. The van der Waals surface area contributed by atoms with Gasteiger partial charge >= 0.3 is 5.97 Å². The highest BCUT2D eigenvalue weighted by Gasteiger charge is 2.37. The number of nitrogens with zero attached hydrogens (tertiary/aromatic N) is 1. The van der Waals surface area contributed by atoms with Crippen molar-refractivity contribution < 1.29 is 23.9 Å². The van der Waals surface area contributed by atoms with E-state index in [1.807, 2.05) is 19.9 Å². The number of esters is 1. The zero-order valence-corrected chi connectivity index (χ0v) is 48.2. The number of ketones is 2. The van der Waals surface area contributed by atoms with Crippen molar-refractivity contribution in [3.8, 4) is 0 Å². The number of ether oxygens (including phenoxy) is 2. The number of rotatable bonds is 45. The van der Waals surface area contributed by atoms with Gasteiger partial charge in [0.1, 0.15) is 17.7 Å². The normalized spacial score (nSPS) is 16.1. The van der Waals surface area contributed by atoms with Gasteiger partial charge < -0.3 is 9.47 Å². The first-order valence-corrected chi connectivity index (χ1v) is 29.9. The minimum atomic E-state index is -0.446. The van der Waals surface area contributed by atoms with Crippen LogP contribution < -0.4 is 0 Å². The Bertz CT molecular complexity index is 1160. The van der Waals surface area contributed by atoms with Crippen LogP contribution in [0.4, 0.5) is 0 Å². The molecule has 1 aliphatic rings. The van der Waals surface area contributed by atoms with E-state index in [2.05, 4.69) is 73.8 Å². The first kappa shape index (κ1) is 68.5. The quantitative estimate of drug-likeness (QED) is 0.0344. The summed E-state index contributed by atoms with van der Waals surface area (Å²) in [7, 11) is 0. The predicted molar refractivity (Wildman–Crippen MR) is 298 cm³/mol. The molecule has 0 aromatic heterocycles. The smallest absolute Gasteiger partial charge is 0.311 e. The molecule has 0 bridgehead atoms. The molecular formula is C62H121NO5. The average Bonchev–Trinajstić information content (AvgIpc) is 3.73. The maximum absolute atomic E-state index is 13.3. The molecule has 0 spiro atoms. The number of allylic oxidation sites excluding steroid dienone is 1. The Morgan fingerprint density at radius 2 is 1.07 bits per heavy atom. The zero-order chi connectivity index (χ0) is 51.3. The van der Waals surface area contributed by atoms with Crippen LogP contribution in [0.1, 0.15) is 308 Å². The molecule has 1 saturated heterocycles. The Morgan fingerprint density at radius 3 is 1.62 bits per heavy atom. The van der Waals surface area contributed by atoms with Gasteiger partial charge in [0.05, 0.1) is 12.0 Å². The second-order valence-corrected chi connectivity index (χ2v) is 22.2. The van der Waals surface area contributed by atoms with Gasteiger partial charge in [0, 0.05) is 36.9 Å². The van der Waals surface area contributed by atoms with Gasteiger partial charge in [0.2, 0.25) is 0 Å². The van der Waals surface area contributed by atoms with Crippen LogP contribution in [0.15, 0.2) is 12.7 Å². The molecule has 0 aliphatic carbocycles. The molecule has 4 atom stereocenters. The number of carbonyl (C=O) groups is 3. The van der Waals surface area contributed by atoms with Crippen LogP contribution in [0.5, 0.6) is 0 Å². The van der Waals surface area contributed by atoms with E-state index < -0.39 is 5.41 Å². The Hall–Kier alpha value is -1.53. The summed E-state index contributed by atoms with van der Waals surface area (Å²) in [6, 6.07) is 0.357. The second kappa shape index (κ2) is 46.5. The molecule has 0 radical (unpaired) electrons. The molecule has 0 saturated carbocycles. The standard InChI is InChI=1S/C47H89NO5.C13H26.C2H6/c1-10-13-16-18-19-24-30-43(29-23-17-14-11-2)53-45(51)47(8,9)33-25-20-21-28-35-52-38-42-36-41(39(4)44(50)31-22-15-12-3)37-48(42)34-27-26-32-46(6,7)40(5)49;1-3-5-7-9-11-13-12-10-8-6-4-2;1-2/h39,41-43H,10-38H2,1-9H3;3H,1,4-13H2,2H3;1-2H3/t39?,41-,42-,43?;;/m0../s1. The summed E-state index contributed by atoms with van der Waals surface area (Å²) in [4.78, 5) is 40.9. The van der Waals surface area contributed by atoms with Crippen LogP contribution in [0.3, 0.4) is 0 Å². The lowest BCUT2D eigenvalue weighted by molar-refractivity contribution is -0.161. The minimum Gasteiger partial charge on any atom is -0.462 e. The van der Waals surface area contributed by atoms with Crippen molar-refractivity contribution in [3.63, 3.8) is 0 Å². The van der Waals surface area contributed by atoms with Crippen molar-refractivity contribution in [3.05, 3.63) is 12.7 Å². The Balaban J connectivity index is 0. The van der Waals surface area contributed by atoms with E-state index in [0.717, 1.165) is 129 Å². The van der Waals surface area contributed by atoms with E-state index in [4.69, 9.17) is 9.47 Å². The van der Waals surface area contributed by atoms with E-state index >= 15 is 0 Å². The fraction of sp³-hybridized carbons (Fsp3) is 0.919. The van der Waals surface area contributed by atoms with Crippen LogP contribution in [-0.2, 0) is 23.9 Å². The largest absolute Gasteiger partial charge is 0.462 e. The number of Topliss-reactive ketones (excluding diaryl/α,β-unsaturated/α-hetero) is 2. The lowest BCUT2D eigenvalue weighted by Gasteiger charge is -2.27. The van der Waals surface area contributed by atoms with Crippen molar-refractivity contribution >= 4 is 17.5 Å². The van der Waals surface area contributed by atoms with Crippen LogP contribution in [0.2, 0.25) is 0 Å². The monoisotopic (exact) mass is 960 g/mol. The van der Waals surface area contributed by atoms with Crippen molar-refractivity contribution in [1.82, 2.24) is 4.90 Å². The van der Waals surface area contributed by atoms with Crippen molar-refractivity contribution in [2.75, 3.05) is 26.3 Å². The van der Waals surface area contributed by atoms with Gasteiger partial charge in [0.25, 0.3) is 0 Å². The van der Waals surface area contributed by atoms with Crippen molar-refractivity contribution in [2.24, 2.45) is 22.7 Å². The number of carbonyl (C=O) groups excluding carboxylic acids is 3. The molecule has 0 N–H and O–H groups in total. The summed E-state index contributed by atoms with van der Waals surface area (Å²) in [5, 5.41) is 0. The summed E-state index contributed by atoms with van der Waals surface area (Å²) < 4.78 is 12.5. The van der Waals surface area contributed by atoms with E-state index in [-0.39, 0.29) is 29.2 Å². The zero-order valence-electron chi connectivity index (χ0n) is 48.2. The van der Waals surface area contributed by atoms with Gasteiger partial charge in [-0.2, -0.15) is 0 Å². The summed E-state index contributed by atoms with van der Waals surface area (Å²) in [5.74, 6) is 1.19. The van der Waals surface area contributed by atoms with Crippen LogP contribution in [-0.4, -0.2) is 60.9 Å². The number of unbranched alkanes of at least 4 members (excludes halogenated alkanes) is 23. The number of likely N-dealkylation sites (tertiary alicyclic amines) is 1. The van der Waals surface area contributed by atoms with Crippen molar-refractivity contribution in [2.45, 2.75) is 320 Å². The number of hydrogen-bond acceptors (Lipinski definition) is 6. The topological polar surface area (TPSA) is 72.9 Å². The third-order valence-electron chi connectivity index (χ3n) is 15.0. The maximum atomic E-state index is 13.3. The molecule has 2 unspecified atom stereocenters. The molecule has 404 valence electrons. The first-order valence-electron chi connectivity index (χ1n) is 29.9. The Kier molecular flexibility index (Phi) is 46.9. The van der Waals surface area contributed by atoms with Crippen molar-refractivity contribution in [1.29, 1.82) is 0 Å². The molecule has 6 nitrogen and oxygen atoms in total. The van der Waals surface area contributed by atoms with Gasteiger partial charge in [-0.25, -0.2) is 0 Å². The third-order valence-corrected chi connectivity index (χ3v) is 15.0. The summed E-state index contributed by atoms with van der Waals surface area (Å²) in [6.45, 7) is 32.3. The third kappa shape index (κ3) is 37.3. The highest BCUT2D eigenvalue weighted by atomic mass is 16.5. The SMILES string of the molecule is C=CCCCCCCCCCCC.CC.CCCCCCCCC(CCCCCC)OC(=O)C(C)(C)CCCCCCOC[C@@H]1C[C@H](C(C)C(=O)CCCCC)CN1CCCCC(C)(C)C(C)=O. The fourth-order valence-electron chi connectivity index (χ4n) is 9.50. The van der Waals surface area contributed by atoms with Gasteiger partial charge in [0.15, 0.2) is 0 Å². The van der Waals surface area contributed by atoms with E-state index in [0.29, 0.717) is 24.2 Å². The van der Waals surface area contributed by atoms with Crippen LogP contribution in [0.25, 0.3) is 0 Å². The fourth-order valence-corrected chi connectivity index (χ4v) is 9.50. The average molecular weight is 961 g/mol. The second-order valence-electron chi connectivity index (χ2n) is 22.2. The van der Waals surface area contributed by atoms with Crippen LogP contribution in [0, 0.1) is 22.7 Å². The molecule has 0 aromatic carbocycles. The van der Waals surface area contributed by atoms with Gasteiger partial charge in [-0.3, -0.25) is 19.3 Å². The Labute approximate surface area is 426 Å². The molecule has 0 aromatic rings. The molecule has 0 amide bonds. The lowest BCUT2D eigenvalue weighted by atomic mass is 9.83. The summed E-state index contributed by atoms with van der Waals surface area (Å²) >= 11 is 0. The molecule has 1 heterocycles. The highest BCUT2D eigenvalue weighted by molar-refractivity contribution is 5.81. The minimum absolute atomic E-state index is 0.00808. The predicted octanol–water partition coefficient (Wildman–Crippen LogP) is 19.0. The molecule has 1 fully saturated rings. The van der Waals surface area contributed by atoms with Gasteiger partial charge in [-0.15, -0.1) is 6.58 Å². The molecule has 1 rings (SSSR count). The van der Waals surface area contributed by atoms with E-state index in [9.17, 15) is 14.4 Å². The summed E-state index contributed by atoms with van der Waals surface area (Å²) in [6.07, 6.45) is 43.8. The molecule has 1 aliphatic heterocycles. The first-order chi connectivity index (χ1) is 32.7. The highest BCUT2D eigenvalue weighted by Crippen LogP contribution is 2.33. The van der Waals surface area contributed by atoms with E-state index in [1.54, 1.807) is 6.92 Å². The Morgan fingerprint density at radius 1 is 0.618 bits per heavy atom. The molecular weight excluding hydrogens is 839 g/mol.